The second kappa shape index (κ2) is 5.98. The van der Waals surface area contributed by atoms with Crippen LogP contribution in [0.3, 0.4) is 0 Å². The van der Waals surface area contributed by atoms with Crippen LogP contribution in [0.1, 0.15) is 29.4 Å². The monoisotopic (exact) mass is 237 g/mol. The highest BCUT2D eigenvalue weighted by Crippen LogP contribution is 2.09. The van der Waals surface area contributed by atoms with Crippen LogP contribution in [0.15, 0.2) is 18.3 Å². The molecule has 0 aromatic carbocycles. The summed E-state index contributed by atoms with van der Waals surface area (Å²) < 4.78 is 4.53. The average molecular weight is 237 g/mol. The SMILES string of the molecule is COC(=O)c1ccc(CCC(C)C(=O)O)cn1. The van der Waals surface area contributed by atoms with Crippen LogP contribution >= 0.6 is 0 Å². The first-order valence-electron chi connectivity index (χ1n) is 5.30. The summed E-state index contributed by atoms with van der Waals surface area (Å²) in [5.74, 6) is -1.66. The molecule has 1 rings (SSSR count). The standard InChI is InChI=1S/C12H15NO4/c1-8(11(14)15)3-4-9-5-6-10(13-7-9)12(16)17-2/h5-8H,3-4H2,1-2H3,(H,14,15). The third-order valence-corrected chi connectivity index (χ3v) is 2.51. The Morgan fingerprint density at radius 3 is 2.65 bits per heavy atom. The van der Waals surface area contributed by atoms with Crippen LogP contribution in [0.25, 0.3) is 0 Å². The Morgan fingerprint density at radius 2 is 2.18 bits per heavy atom. The number of rotatable bonds is 5. The molecular formula is C12H15NO4. The quantitative estimate of drug-likeness (QED) is 0.786. The fourth-order valence-electron chi connectivity index (χ4n) is 1.30. The van der Waals surface area contributed by atoms with Gasteiger partial charge < -0.3 is 9.84 Å². The Balaban J connectivity index is 2.57. The Labute approximate surface area is 99.4 Å². The highest BCUT2D eigenvalue weighted by Gasteiger charge is 2.11. The number of hydrogen-bond donors (Lipinski definition) is 1. The number of carbonyl (C=O) groups excluding carboxylic acids is 1. The molecule has 0 radical (unpaired) electrons. The van der Waals surface area contributed by atoms with Crippen molar-refractivity contribution in [1.29, 1.82) is 0 Å². The molecule has 0 aliphatic heterocycles. The number of nitrogens with zero attached hydrogens (tertiary/aromatic N) is 1. The molecular weight excluding hydrogens is 222 g/mol. The summed E-state index contributed by atoms with van der Waals surface area (Å²) in [5, 5.41) is 8.73. The van der Waals surface area contributed by atoms with E-state index < -0.39 is 11.9 Å². The minimum absolute atomic E-state index is 0.252. The number of ether oxygens (including phenoxy) is 1. The molecule has 0 aliphatic carbocycles. The number of aryl methyl sites for hydroxylation is 1. The fraction of sp³-hybridized carbons (Fsp3) is 0.417. The summed E-state index contributed by atoms with van der Waals surface area (Å²) in [5.41, 5.74) is 1.16. The van der Waals surface area contributed by atoms with Crippen LogP contribution in [-0.2, 0) is 16.0 Å². The van der Waals surface area contributed by atoms with E-state index in [1.807, 2.05) is 0 Å². The number of esters is 1. The summed E-state index contributed by atoms with van der Waals surface area (Å²) >= 11 is 0. The lowest BCUT2D eigenvalue weighted by atomic mass is 10.0. The number of hydrogen-bond acceptors (Lipinski definition) is 4. The zero-order valence-corrected chi connectivity index (χ0v) is 9.84. The van der Waals surface area contributed by atoms with Crippen LogP contribution in [-0.4, -0.2) is 29.1 Å². The molecule has 0 amide bonds. The molecule has 0 saturated carbocycles. The Bertz CT molecular complexity index is 399. The van der Waals surface area contributed by atoms with E-state index in [4.69, 9.17) is 5.11 Å². The highest BCUT2D eigenvalue weighted by molar-refractivity contribution is 5.86. The lowest BCUT2D eigenvalue weighted by Gasteiger charge is -2.06. The van der Waals surface area contributed by atoms with Gasteiger partial charge in [-0.15, -0.1) is 0 Å². The van der Waals surface area contributed by atoms with Crippen molar-refractivity contribution < 1.29 is 19.4 Å². The fourth-order valence-corrected chi connectivity index (χ4v) is 1.30. The molecule has 1 aromatic heterocycles. The van der Waals surface area contributed by atoms with E-state index in [9.17, 15) is 9.59 Å². The average Bonchev–Trinajstić information content (AvgIpc) is 2.35. The normalized spacial score (nSPS) is 11.9. The van der Waals surface area contributed by atoms with Crippen LogP contribution in [0.2, 0.25) is 0 Å². The molecule has 0 spiro atoms. The van der Waals surface area contributed by atoms with Gasteiger partial charge in [-0.3, -0.25) is 4.79 Å². The minimum Gasteiger partial charge on any atom is -0.481 e. The molecule has 92 valence electrons. The lowest BCUT2D eigenvalue weighted by Crippen LogP contribution is -2.10. The molecule has 1 N–H and O–H groups in total. The van der Waals surface area contributed by atoms with Gasteiger partial charge in [0.2, 0.25) is 0 Å². The molecule has 1 aromatic rings. The van der Waals surface area contributed by atoms with Crippen molar-refractivity contribution in [3.63, 3.8) is 0 Å². The van der Waals surface area contributed by atoms with Gasteiger partial charge in [-0.1, -0.05) is 13.0 Å². The van der Waals surface area contributed by atoms with E-state index in [2.05, 4.69) is 9.72 Å². The second-order valence-electron chi connectivity index (χ2n) is 3.82. The van der Waals surface area contributed by atoms with Crippen molar-refractivity contribution in [2.24, 2.45) is 5.92 Å². The molecule has 1 unspecified atom stereocenters. The summed E-state index contributed by atoms with van der Waals surface area (Å²) in [4.78, 5) is 25.7. The van der Waals surface area contributed by atoms with E-state index in [-0.39, 0.29) is 11.6 Å². The van der Waals surface area contributed by atoms with Gasteiger partial charge in [-0.05, 0) is 24.5 Å². The molecule has 1 atom stereocenters. The van der Waals surface area contributed by atoms with Gasteiger partial charge in [-0.2, -0.15) is 0 Å². The summed E-state index contributed by atoms with van der Waals surface area (Å²) in [7, 11) is 1.30. The van der Waals surface area contributed by atoms with E-state index in [1.165, 1.54) is 7.11 Å². The topological polar surface area (TPSA) is 76.5 Å². The number of aliphatic carboxylic acids is 1. The van der Waals surface area contributed by atoms with Gasteiger partial charge in [0, 0.05) is 6.20 Å². The smallest absolute Gasteiger partial charge is 0.356 e. The third kappa shape index (κ3) is 3.86. The van der Waals surface area contributed by atoms with Gasteiger partial charge in [-0.25, -0.2) is 9.78 Å². The van der Waals surface area contributed by atoms with E-state index >= 15 is 0 Å². The first-order valence-corrected chi connectivity index (χ1v) is 5.30. The molecule has 17 heavy (non-hydrogen) atoms. The van der Waals surface area contributed by atoms with Crippen LogP contribution in [0.4, 0.5) is 0 Å². The molecule has 0 saturated heterocycles. The molecule has 0 bridgehead atoms. The predicted octanol–water partition coefficient (Wildman–Crippen LogP) is 1.52. The summed E-state index contributed by atoms with van der Waals surface area (Å²) in [6, 6.07) is 3.33. The Morgan fingerprint density at radius 1 is 1.47 bits per heavy atom. The van der Waals surface area contributed by atoms with Gasteiger partial charge in [0.1, 0.15) is 5.69 Å². The predicted molar refractivity (Wildman–Crippen MR) is 60.7 cm³/mol. The number of aromatic nitrogens is 1. The summed E-state index contributed by atoms with van der Waals surface area (Å²) in [6.45, 7) is 1.67. The first kappa shape index (κ1) is 13.2. The molecule has 5 heteroatoms. The van der Waals surface area contributed by atoms with E-state index in [0.717, 1.165) is 5.56 Å². The molecule has 5 nitrogen and oxygen atoms in total. The van der Waals surface area contributed by atoms with Gasteiger partial charge >= 0.3 is 11.9 Å². The summed E-state index contributed by atoms with van der Waals surface area (Å²) in [6.07, 6.45) is 2.75. The van der Waals surface area contributed by atoms with Gasteiger partial charge in [0.15, 0.2) is 0 Å². The minimum atomic E-state index is -0.802. The number of carbonyl (C=O) groups is 2. The van der Waals surface area contributed by atoms with Crippen LogP contribution < -0.4 is 0 Å². The van der Waals surface area contributed by atoms with Crippen molar-refractivity contribution in [2.75, 3.05) is 7.11 Å². The van der Waals surface area contributed by atoms with Gasteiger partial charge in [0.05, 0.1) is 13.0 Å². The largest absolute Gasteiger partial charge is 0.481 e. The maximum Gasteiger partial charge on any atom is 0.356 e. The molecule has 1 heterocycles. The number of pyridine rings is 1. The molecule has 0 fully saturated rings. The van der Waals surface area contributed by atoms with Crippen molar-refractivity contribution >= 4 is 11.9 Å². The van der Waals surface area contributed by atoms with Crippen molar-refractivity contribution in [3.8, 4) is 0 Å². The zero-order chi connectivity index (χ0) is 12.8. The Kier molecular flexibility index (Phi) is 4.63. The van der Waals surface area contributed by atoms with Gasteiger partial charge in [0.25, 0.3) is 0 Å². The highest BCUT2D eigenvalue weighted by atomic mass is 16.5. The number of carboxylic acids is 1. The second-order valence-corrected chi connectivity index (χ2v) is 3.82. The first-order chi connectivity index (χ1) is 8.04. The number of carboxylic acid groups (broad SMARTS) is 1. The van der Waals surface area contributed by atoms with E-state index in [0.29, 0.717) is 12.8 Å². The zero-order valence-electron chi connectivity index (χ0n) is 9.84. The Hall–Kier alpha value is -1.91. The maximum atomic E-state index is 11.1. The van der Waals surface area contributed by atoms with Crippen LogP contribution in [0.5, 0.6) is 0 Å². The molecule has 0 aliphatic rings. The third-order valence-electron chi connectivity index (χ3n) is 2.51. The van der Waals surface area contributed by atoms with Crippen molar-refractivity contribution in [1.82, 2.24) is 4.98 Å². The van der Waals surface area contributed by atoms with Crippen molar-refractivity contribution in [2.45, 2.75) is 19.8 Å². The lowest BCUT2D eigenvalue weighted by molar-refractivity contribution is -0.141. The number of methoxy groups -OCH3 is 1. The maximum absolute atomic E-state index is 11.1. The van der Waals surface area contributed by atoms with Crippen LogP contribution in [0, 0.1) is 5.92 Å². The van der Waals surface area contributed by atoms with Crippen molar-refractivity contribution in [3.05, 3.63) is 29.6 Å². The van der Waals surface area contributed by atoms with E-state index in [1.54, 1.807) is 25.3 Å².